The molecule has 0 aliphatic carbocycles. The predicted octanol–water partition coefficient (Wildman–Crippen LogP) is 2.51. The number of methoxy groups -OCH3 is 1. The molecule has 1 fully saturated rings. The zero-order valence-corrected chi connectivity index (χ0v) is 15.9. The summed E-state index contributed by atoms with van der Waals surface area (Å²) in [5.74, 6) is 3.02. The molecule has 0 atom stereocenters. The van der Waals surface area contributed by atoms with Crippen LogP contribution in [0.25, 0.3) is 10.8 Å². The van der Waals surface area contributed by atoms with Crippen molar-refractivity contribution in [3.8, 4) is 17.4 Å². The number of fused-ring (bicyclic) bond motifs is 1. The average molecular weight is 380 g/mol. The Bertz CT molecular complexity index is 928. The highest BCUT2D eigenvalue weighted by Gasteiger charge is 2.12. The molecule has 4 rings (SSSR count). The molecular weight excluding hydrogens is 356 g/mol. The molecule has 146 valence electrons. The number of ether oxygens (including phenoxy) is 3. The first kappa shape index (κ1) is 18.3. The Labute approximate surface area is 164 Å². The second-order valence-electron chi connectivity index (χ2n) is 6.52. The molecule has 1 aliphatic heterocycles. The van der Waals surface area contributed by atoms with Gasteiger partial charge in [-0.1, -0.05) is 12.1 Å². The first-order valence-electron chi connectivity index (χ1n) is 9.43. The first-order valence-corrected chi connectivity index (χ1v) is 9.43. The Morgan fingerprint density at radius 1 is 0.929 bits per heavy atom. The van der Waals surface area contributed by atoms with E-state index >= 15 is 0 Å². The molecule has 2 aromatic carbocycles. The highest BCUT2D eigenvalue weighted by molar-refractivity contribution is 5.85. The topological polar surface area (TPSA) is 68.7 Å². The van der Waals surface area contributed by atoms with E-state index in [-0.39, 0.29) is 0 Å². The Balaban J connectivity index is 1.30. The first-order chi connectivity index (χ1) is 13.8. The Morgan fingerprint density at radius 3 is 2.43 bits per heavy atom. The van der Waals surface area contributed by atoms with E-state index in [4.69, 9.17) is 14.2 Å². The maximum absolute atomic E-state index is 5.82. The van der Waals surface area contributed by atoms with Gasteiger partial charge in [-0.15, -0.1) is 0 Å². The highest BCUT2D eigenvalue weighted by Crippen LogP contribution is 2.24. The molecule has 7 nitrogen and oxygen atoms in total. The minimum absolute atomic E-state index is 0.403. The third-order valence-corrected chi connectivity index (χ3v) is 4.66. The predicted molar refractivity (Wildman–Crippen MR) is 109 cm³/mol. The fourth-order valence-electron chi connectivity index (χ4n) is 3.18. The molecule has 1 aromatic heterocycles. The summed E-state index contributed by atoms with van der Waals surface area (Å²) in [5.41, 5.74) is 0. The zero-order chi connectivity index (χ0) is 19.2. The SMILES string of the molecule is COc1ccc2cc(OCCOc3cncc(N4CCNCC4)n3)ccc2c1. The number of hydrogen-bond donors (Lipinski definition) is 1. The fourth-order valence-corrected chi connectivity index (χ4v) is 3.18. The summed E-state index contributed by atoms with van der Waals surface area (Å²) in [5, 5.41) is 5.55. The quantitative estimate of drug-likeness (QED) is 0.632. The molecule has 28 heavy (non-hydrogen) atoms. The molecule has 0 spiro atoms. The molecule has 1 aliphatic rings. The second-order valence-corrected chi connectivity index (χ2v) is 6.52. The van der Waals surface area contributed by atoms with Crippen molar-refractivity contribution in [2.75, 3.05) is 51.4 Å². The lowest BCUT2D eigenvalue weighted by atomic mass is 10.1. The van der Waals surface area contributed by atoms with Crippen LogP contribution in [0, 0.1) is 0 Å². The minimum Gasteiger partial charge on any atom is -0.497 e. The molecular formula is C21H24N4O3. The summed E-state index contributed by atoms with van der Waals surface area (Å²) in [6, 6.07) is 12.0. The summed E-state index contributed by atoms with van der Waals surface area (Å²) in [4.78, 5) is 11.0. The molecule has 0 amide bonds. The van der Waals surface area contributed by atoms with E-state index < -0.39 is 0 Å². The van der Waals surface area contributed by atoms with Crippen molar-refractivity contribution in [1.29, 1.82) is 0 Å². The molecule has 3 aromatic rings. The van der Waals surface area contributed by atoms with Crippen LogP contribution in [0.15, 0.2) is 48.8 Å². The number of anilines is 1. The lowest BCUT2D eigenvalue weighted by molar-refractivity contribution is 0.211. The number of hydrogen-bond acceptors (Lipinski definition) is 7. The van der Waals surface area contributed by atoms with Crippen molar-refractivity contribution in [3.63, 3.8) is 0 Å². The number of rotatable bonds is 7. The van der Waals surface area contributed by atoms with Gasteiger partial charge < -0.3 is 24.4 Å². The standard InChI is InChI=1S/C21H24N4O3/c1-26-18-4-2-17-13-19(5-3-16(17)12-18)27-10-11-28-21-15-23-14-20(24-21)25-8-6-22-7-9-25/h2-5,12-15,22H,6-11H2,1H3. The number of benzene rings is 2. The summed E-state index contributed by atoms with van der Waals surface area (Å²) >= 11 is 0. The van der Waals surface area contributed by atoms with Crippen LogP contribution in [0.1, 0.15) is 0 Å². The minimum atomic E-state index is 0.403. The second kappa shape index (κ2) is 8.75. The van der Waals surface area contributed by atoms with Gasteiger partial charge in [-0.2, -0.15) is 4.98 Å². The highest BCUT2D eigenvalue weighted by atomic mass is 16.5. The monoisotopic (exact) mass is 380 g/mol. The van der Waals surface area contributed by atoms with Crippen LogP contribution < -0.4 is 24.4 Å². The number of nitrogens with one attached hydrogen (secondary N) is 1. The zero-order valence-electron chi connectivity index (χ0n) is 15.9. The van der Waals surface area contributed by atoms with Crippen molar-refractivity contribution < 1.29 is 14.2 Å². The summed E-state index contributed by atoms with van der Waals surface area (Å²) in [6.45, 7) is 4.60. The number of nitrogens with zero attached hydrogens (tertiary/aromatic N) is 3. The van der Waals surface area contributed by atoms with Gasteiger partial charge >= 0.3 is 0 Å². The van der Waals surface area contributed by atoms with Crippen molar-refractivity contribution in [2.24, 2.45) is 0 Å². The van der Waals surface area contributed by atoms with E-state index in [0.29, 0.717) is 19.1 Å². The number of aromatic nitrogens is 2. The molecule has 7 heteroatoms. The van der Waals surface area contributed by atoms with Crippen LogP contribution in [-0.4, -0.2) is 56.5 Å². The van der Waals surface area contributed by atoms with Gasteiger partial charge in [0.15, 0.2) is 5.82 Å². The summed E-state index contributed by atoms with van der Waals surface area (Å²) in [7, 11) is 1.67. The third kappa shape index (κ3) is 4.43. The van der Waals surface area contributed by atoms with E-state index in [9.17, 15) is 0 Å². The maximum Gasteiger partial charge on any atom is 0.234 e. The van der Waals surface area contributed by atoms with Crippen molar-refractivity contribution in [2.45, 2.75) is 0 Å². The van der Waals surface area contributed by atoms with Crippen LogP contribution in [0.5, 0.6) is 17.4 Å². The van der Waals surface area contributed by atoms with Crippen LogP contribution in [0.3, 0.4) is 0 Å². The Kier molecular flexibility index (Phi) is 5.72. The Hall–Kier alpha value is -3.06. The van der Waals surface area contributed by atoms with Crippen molar-refractivity contribution >= 4 is 16.6 Å². The van der Waals surface area contributed by atoms with Gasteiger partial charge in [0, 0.05) is 26.2 Å². The van der Waals surface area contributed by atoms with Gasteiger partial charge in [0.1, 0.15) is 24.7 Å². The Morgan fingerprint density at radius 2 is 1.64 bits per heavy atom. The molecule has 1 saturated heterocycles. The van der Waals surface area contributed by atoms with Gasteiger partial charge in [0.25, 0.3) is 0 Å². The van der Waals surface area contributed by atoms with Crippen LogP contribution in [-0.2, 0) is 0 Å². The van der Waals surface area contributed by atoms with Gasteiger partial charge in [-0.25, -0.2) is 0 Å². The largest absolute Gasteiger partial charge is 0.497 e. The average Bonchev–Trinajstić information content (AvgIpc) is 2.77. The number of piperazine rings is 1. The summed E-state index contributed by atoms with van der Waals surface area (Å²) in [6.07, 6.45) is 3.41. The summed E-state index contributed by atoms with van der Waals surface area (Å²) < 4.78 is 16.8. The van der Waals surface area contributed by atoms with E-state index in [1.807, 2.05) is 36.4 Å². The van der Waals surface area contributed by atoms with Gasteiger partial charge in [-0.3, -0.25) is 4.98 Å². The van der Waals surface area contributed by atoms with Gasteiger partial charge in [0.05, 0.1) is 19.5 Å². The molecule has 0 radical (unpaired) electrons. The lowest BCUT2D eigenvalue weighted by Gasteiger charge is -2.28. The van der Waals surface area contributed by atoms with E-state index in [1.54, 1.807) is 19.5 Å². The lowest BCUT2D eigenvalue weighted by Crippen LogP contribution is -2.43. The van der Waals surface area contributed by atoms with Crippen LogP contribution in [0.2, 0.25) is 0 Å². The van der Waals surface area contributed by atoms with Crippen LogP contribution in [0.4, 0.5) is 5.82 Å². The third-order valence-electron chi connectivity index (χ3n) is 4.66. The molecule has 2 heterocycles. The molecule has 0 saturated carbocycles. The smallest absolute Gasteiger partial charge is 0.234 e. The molecule has 0 bridgehead atoms. The van der Waals surface area contributed by atoms with E-state index in [2.05, 4.69) is 20.2 Å². The fraction of sp³-hybridized carbons (Fsp3) is 0.333. The van der Waals surface area contributed by atoms with E-state index in [0.717, 1.165) is 54.3 Å². The molecule has 0 unspecified atom stereocenters. The van der Waals surface area contributed by atoms with Gasteiger partial charge in [-0.05, 0) is 35.0 Å². The van der Waals surface area contributed by atoms with Crippen molar-refractivity contribution in [3.05, 3.63) is 48.8 Å². The van der Waals surface area contributed by atoms with Gasteiger partial charge in [0.2, 0.25) is 5.88 Å². The maximum atomic E-state index is 5.82. The molecule has 1 N–H and O–H groups in total. The van der Waals surface area contributed by atoms with E-state index in [1.165, 1.54) is 0 Å². The normalized spacial score (nSPS) is 14.1. The van der Waals surface area contributed by atoms with Crippen LogP contribution >= 0.6 is 0 Å². The van der Waals surface area contributed by atoms with Crippen molar-refractivity contribution in [1.82, 2.24) is 15.3 Å².